The molecule has 0 spiro atoms. The summed E-state index contributed by atoms with van der Waals surface area (Å²) < 4.78 is 5.40. The molecule has 0 saturated carbocycles. The molecule has 0 amide bonds. The predicted octanol–water partition coefficient (Wildman–Crippen LogP) is 3.79. The second kappa shape index (κ2) is 4.19. The molecule has 0 unspecified atom stereocenters. The molecule has 0 aliphatic heterocycles. The summed E-state index contributed by atoms with van der Waals surface area (Å²) in [6.45, 7) is 5.87. The van der Waals surface area contributed by atoms with Gasteiger partial charge in [-0.2, -0.15) is 0 Å². The van der Waals surface area contributed by atoms with Gasteiger partial charge in [-0.1, -0.05) is 36.4 Å². The lowest BCUT2D eigenvalue weighted by atomic mass is 10.0. The number of allylic oxidation sites excluding steroid dienone is 1. The van der Waals surface area contributed by atoms with Crippen LogP contribution in [0.3, 0.4) is 0 Å². The maximum Gasteiger partial charge on any atom is 0.185 e. The number of furan rings is 1. The number of rotatable bonds is 3. The Morgan fingerprint density at radius 3 is 2.62 bits per heavy atom. The van der Waals surface area contributed by atoms with Crippen LogP contribution >= 0.6 is 0 Å². The first kappa shape index (κ1) is 10.4. The first-order chi connectivity index (χ1) is 7.72. The zero-order valence-corrected chi connectivity index (χ0v) is 9.07. The van der Waals surface area contributed by atoms with Crippen molar-refractivity contribution < 1.29 is 9.21 Å². The average Bonchev–Trinajstić information content (AvgIpc) is 2.77. The van der Waals surface area contributed by atoms with E-state index >= 15 is 0 Å². The Balaban J connectivity index is 2.54. The van der Waals surface area contributed by atoms with Crippen molar-refractivity contribution in [2.75, 3.05) is 0 Å². The molecule has 1 aromatic heterocycles. The van der Waals surface area contributed by atoms with Gasteiger partial charge in [0, 0.05) is 5.56 Å². The molecule has 0 radical (unpaired) electrons. The third-order valence-corrected chi connectivity index (χ3v) is 2.40. The Hall–Kier alpha value is -2.09. The van der Waals surface area contributed by atoms with Gasteiger partial charge in [0.1, 0.15) is 5.76 Å². The predicted molar refractivity (Wildman–Crippen MR) is 64.2 cm³/mol. The SMILES string of the molecule is C=C(C)c1ccccc1-c1ccc(C=O)o1. The summed E-state index contributed by atoms with van der Waals surface area (Å²) in [5, 5.41) is 0. The van der Waals surface area contributed by atoms with Gasteiger partial charge >= 0.3 is 0 Å². The van der Waals surface area contributed by atoms with Crippen LogP contribution in [0.5, 0.6) is 0 Å². The van der Waals surface area contributed by atoms with Crippen molar-refractivity contribution in [3.05, 3.63) is 54.3 Å². The van der Waals surface area contributed by atoms with Gasteiger partial charge in [-0.05, 0) is 24.6 Å². The maximum atomic E-state index is 10.6. The summed E-state index contributed by atoms with van der Waals surface area (Å²) in [6.07, 6.45) is 0.701. The standard InChI is InChI=1S/C14H12O2/c1-10(2)12-5-3-4-6-13(12)14-8-7-11(9-15)16-14/h3-9H,1H2,2H3. The summed E-state index contributed by atoms with van der Waals surface area (Å²) in [4.78, 5) is 10.6. The van der Waals surface area contributed by atoms with E-state index in [9.17, 15) is 4.79 Å². The van der Waals surface area contributed by atoms with E-state index in [4.69, 9.17) is 4.42 Å². The lowest BCUT2D eigenvalue weighted by Crippen LogP contribution is -1.83. The van der Waals surface area contributed by atoms with Crippen molar-refractivity contribution >= 4 is 11.9 Å². The molecule has 2 nitrogen and oxygen atoms in total. The highest BCUT2D eigenvalue weighted by Gasteiger charge is 2.08. The highest BCUT2D eigenvalue weighted by atomic mass is 16.3. The lowest BCUT2D eigenvalue weighted by molar-refractivity contribution is 0.110. The van der Waals surface area contributed by atoms with Gasteiger partial charge in [-0.3, -0.25) is 4.79 Å². The van der Waals surface area contributed by atoms with E-state index < -0.39 is 0 Å². The summed E-state index contributed by atoms with van der Waals surface area (Å²) in [5.74, 6) is 1.03. The number of carbonyl (C=O) groups is 1. The molecule has 0 aliphatic carbocycles. The summed E-state index contributed by atoms with van der Waals surface area (Å²) in [6, 6.07) is 11.3. The van der Waals surface area contributed by atoms with E-state index in [0.29, 0.717) is 17.8 Å². The fourth-order valence-corrected chi connectivity index (χ4v) is 1.63. The van der Waals surface area contributed by atoms with Crippen molar-refractivity contribution in [3.63, 3.8) is 0 Å². The van der Waals surface area contributed by atoms with Crippen LogP contribution in [0.15, 0.2) is 47.4 Å². The minimum atomic E-state index is 0.339. The molecule has 2 heteroatoms. The number of aldehydes is 1. The molecule has 0 fully saturated rings. The molecule has 2 rings (SSSR count). The summed E-state index contributed by atoms with van der Waals surface area (Å²) in [7, 11) is 0. The zero-order chi connectivity index (χ0) is 11.5. The van der Waals surface area contributed by atoms with Gasteiger partial charge in [0.15, 0.2) is 12.0 Å². The Morgan fingerprint density at radius 1 is 1.25 bits per heavy atom. The summed E-state index contributed by atoms with van der Waals surface area (Å²) in [5.41, 5.74) is 2.97. The van der Waals surface area contributed by atoms with E-state index in [-0.39, 0.29) is 0 Å². The second-order valence-electron chi connectivity index (χ2n) is 3.65. The van der Waals surface area contributed by atoms with E-state index in [0.717, 1.165) is 16.7 Å². The molecule has 0 aliphatic rings. The Labute approximate surface area is 94.2 Å². The molecule has 0 saturated heterocycles. The van der Waals surface area contributed by atoms with Gasteiger partial charge < -0.3 is 4.42 Å². The average molecular weight is 212 g/mol. The van der Waals surface area contributed by atoms with Gasteiger partial charge in [0.25, 0.3) is 0 Å². The Kier molecular flexibility index (Phi) is 2.73. The number of carbonyl (C=O) groups excluding carboxylic acids is 1. The number of benzene rings is 1. The third-order valence-electron chi connectivity index (χ3n) is 2.40. The van der Waals surface area contributed by atoms with Gasteiger partial charge in [0.2, 0.25) is 0 Å². The van der Waals surface area contributed by atoms with Crippen LogP contribution in [-0.4, -0.2) is 6.29 Å². The largest absolute Gasteiger partial charge is 0.453 e. The highest BCUT2D eigenvalue weighted by molar-refractivity contribution is 5.79. The van der Waals surface area contributed by atoms with Crippen LogP contribution < -0.4 is 0 Å². The molecular weight excluding hydrogens is 200 g/mol. The fraction of sp³-hybridized carbons (Fsp3) is 0.0714. The van der Waals surface area contributed by atoms with E-state index in [2.05, 4.69) is 6.58 Å². The van der Waals surface area contributed by atoms with Crippen LogP contribution in [0, 0.1) is 0 Å². The first-order valence-corrected chi connectivity index (χ1v) is 5.02. The Morgan fingerprint density at radius 2 is 2.00 bits per heavy atom. The molecule has 0 bridgehead atoms. The lowest BCUT2D eigenvalue weighted by Gasteiger charge is -2.05. The maximum absolute atomic E-state index is 10.6. The fourth-order valence-electron chi connectivity index (χ4n) is 1.63. The van der Waals surface area contributed by atoms with Crippen molar-refractivity contribution in [2.24, 2.45) is 0 Å². The van der Waals surface area contributed by atoms with Crippen molar-refractivity contribution in [3.8, 4) is 11.3 Å². The molecular formula is C14H12O2. The number of hydrogen-bond acceptors (Lipinski definition) is 2. The molecule has 16 heavy (non-hydrogen) atoms. The minimum Gasteiger partial charge on any atom is -0.453 e. The topological polar surface area (TPSA) is 30.2 Å². The van der Waals surface area contributed by atoms with E-state index in [1.54, 1.807) is 12.1 Å². The van der Waals surface area contributed by atoms with Crippen molar-refractivity contribution in [1.29, 1.82) is 0 Å². The molecule has 2 aromatic rings. The van der Waals surface area contributed by atoms with E-state index in [1.165, 1.54) is 0 Å². The highest BCUT2D eigenvalue weighted by Crippen LogP contribution is 2.28. The van der Waals surface area contributed by atoms with Crippen molar-refractivity contribution in [2.45, 2.75) is 6.92 Å². The first-order valence-electron chi connectivity index (χ1n) is 5.02. The molecule has 80 valence electrons. The van der Waals surface area contributed by atoms with Crippen LogP contribution in [0.25, 0.3) is 16.9 Å². The molecule has 0 N–H and O–H groups in total. The van der Waals surface area contributed by atoms with Crippen LogP contribution in [0.4, 0.5) is 0 Å². The third kappa shape index (κ3) is 1.82. The molecule has 1 heterocycles. The monoisotopic (exact) mass is 212 g/mol. The van der Waals surface area contributed by atoms with Crippen LogP contribution in [0.1, 0.15) is 23.0 Å². The van der Waals surface area contributed by atoms with Gasteiger partial charge in [0.05, 0.1) is 0 Å². The van der Waals surface area contributed by atoms with Gasteiger partial charge in [-0.15, -0.1) is 0 Å². The summed E-state index contributed by atoms with van der Waals surface area (Å²) >= 11 is 0. The quantitative estimate of drug-likeness (QED) is 0.724. The van der Waals surface area contributed by atoms with Crippen molar-refractivity contribution in [1.82, 2.24) is 0 Å². The smallest absolute Gasteiger partial charge is 0.185 e. The van der Waals surface area contributed by atoms with Crippen LogP contribution in [-0.2, 0) is 0 Å². The molecule has 0 atom stereocenters. The van der Waals surface area contributed by atoms with Gasteiger partial charge in [-0.25, -0.2) is 0 Å². The normalized spacial score (nSPS) is 10.1. The second-order valence-corrected chi connectivity index (χ2v) is 3.65. The van der Waals surface area contributed by atoms with E-state index in [1.807, 2.05) is 31.2 Å². The molecule has 1 aromatic carbocycles. The van der Waals surface area contributed by atoms with Crippen LogP contribution in [0.2, 0.25) is 0 Å². The number of hydrogen-bond donors (Lipinski definition) is 0. The Bertz CT molecular complexity index is 535. The zero-order valence-electron chi connectivity index (χ0n) is 9.07. The minimum absolute atomic E-state index is 0.339.